The summed E-state index contributed by atoms with van der Waals surface area (Å²) in [5.41, 5.74) is 0.602. The zero-order valence-corrected chi connectivity index (χ0v) is 9.53. The van der Waals surface area contributed by atoms with Gasteiger partial charge in [0.1, 0.15) is 0 Å². The number of nitrogens with one attached hydrogen (secondary N) is 1. The van der Waals surface area contributed by atoms with Crippen molar-refractivity contribution in [1.29, 1.82) is 0 Å². The largest absolute Gasteiger partial charge is 0.319 e. The van der Waals surface area contributed by atoms with E-state index >= 15 is 0 Å². The zero-order valence-electron chi connectivity index (χ0n) is 9.53. The molecule has 0 unspecified atom stereocenters. The van der Waals surface area contributed by atoms with E-state index in [1.54, 1.807) is 0 Å². The smallest absolute Gasteiger partial charge is 0.000725 e. The minimum Gasteiger partial charge on any atom is -0.319 e. The van der Waals surface area contributed by atoms with Crippen molar-refractivity contribution in [3.8, 4) is 0 Å². The van der Waals surface area contributed by atoms with Gasteiger partial charge in [0.15, 0.2) is 0 Å². The SMILES string of the molecule is CCC(CC)(CNC)C1CCCC1. The molecule has 1 heteroatoms. The summed E-state index contributed by atoms with van der Waals surface area (Å²) in [6.45, 7) is 5.93. The monoisotopic (exact) mass is 183 g/mol. The van der Waals surface area contributed by atoms with E-state index in [0.717, 1.165) is 5.92 Å². The third-order valence-corrected chi connectivity index (χ3v) is 4.16. The van der Waals surface area contributed by atoms with Gasteiger partial charge in [0.05, 0.1) is 0 Å². The molecule has 0 aromatic rings. The van der Waals surface area contributed by atoms with Gasteiger partial charge in [-0.2, -0.15) is 0 Å². The Bertz CT molecular complexity index is 132. The molecule has 0 aromatic heterocycles. The third-order valence-electron chi connectivity index (χ3n) is 4.16. The van der Waals surface area contributed by atoms with E-state index < -0.39 is 0 Å². The first-order valence-electron chi connectivity index (χ1n) is 5.93. The van der Waals surface area contributed by atoms with Crippen LogP contribution in [0, 0.1) is 11.3 Å². The maximum Gasteiger partial charge on any atom is 0.000725 e. The average Bonchev–Trinajstić information content (AvgIpc) is 2.68. The Morgan fingerprint density at radius 1 is 1.15 bits per heavy atom. The Morgan fingerprint density at radius 2 is 1.69 bits per heavy atom. The fourth-order valence-corrected chi connectivity index (χ4v) is 3.11. The molecular weight excluding hydrogens is 158 g/mol. The van der Waals surface area contributed by atoms with Crippen molar-refractivity contribution in [3.05, 3.63) is 0 Å². The standard InChI is InChI=1S/C12H25N/c1-4-12(5-2,10-13-3)11-8-6-7-9-11/h11,13H,4-10H2,1-3H3. The highest BCUT2D eigenvalue weighted by atomic mass is 14.8. The van der Waals surface area contributed by atoms with Crippen LogP contribution in [0.3, 0.4) is 0 Å². The molecule has 0 heterocycles. The van der Waals surface area contributed by atoms with Crippen LogP contribution in [0.2, 0.25) is 0 Å². The molecule has 1 rings (SSSR count). The molecule has 0 bridgehead atoms. The molecule has 0 saturated heterocycles. The van der Waals surface area contributed by atoms with Crippen LogP contribution in [0.15, 0.2) is 0 Å². The lowest BCUT2D eigenvalue weighted by atomic mass is 9.70. The molecule has 1 saturated carbocycles. The number of hydrogen-bond acceptors (Lipinski definition) is 1. The summed E-state index contributed by atoms with van der Waals surface area (Å²) in [7, 11) is 2.09. The van der Waals surface area contributed by atoms with Crippen LogP contribution in [-0.2, 0) is 0 Å². The molecule has 1 aliphatic carbocycles. The molecule has 1 N–H and O–H groups in total. The van der Waals surface area contributed by atoms with Crippen molar-refractivity contribution in [2.24, 2.45) is 11.3 Å². The second-order valence-electron chi connectivity index (χ2n) is 4.58. The minimum absolute atomic E-state index is 0.602. The van der Waals surface area contributed by atoms with E-state index in [1.165, 1.54) is 45.1 Å². The molecule has 1 fully saturated rings. The maximum atomic E-state index is 3.39. The van der Waals surface area contributed by atoms with Gasteiger partial charge in [0.25, 0.3) is 0 Å². The highest BCUT2D eigenvalue weighted by molar-refractivity contribution is 4.88. The first kappa shape index (κ1) is 11.0. The fraction of sp³-hybridized carbons (Fsp3) is 1.00. The van der Waals surface area contributed by atoms with Crippen LogP contribution >= 0.6 is 0 Å². The van der Waals surface area contributed by atoms with Gasteiger partial charge in [-0.15, -0.1) is 0 Å². The quantitative estimate of drug-likeness (QED) is 0.690. The van der Waals surface area contributed by atoms with Gasteiger partial charge in [-0.1, -0.05) is 26.7 Å². The van der Waals surface area contributed by atoms with Crippen LogP contribution in [0.1, 0.15) is 52.4 Å². The summed E-state index contributed by atoms with van der Waals surface area (Å²) in [5, 5.41) is 3.39. The highest BCUT2D eigenvalue weighted by Gasteiger charge is 2.36. The first-order chi connectivity index (χ1) is 6.29. The van der Waals surface area contributed by atoms with E-state index in [4.69, 9.17) is 0 Å². The van der Waals surface area contributed by atoms with E-state index in [1.807, 2.05) is 0 Å². The van der Waals surface area contributed by atoms with Crippen molar-refractivity contribution in [1.82, 2.24) is 5.32 Å². The maximum absolute atomic E-state index is 3.39. The summed E-state index contributed by atoms with van der Waals surface area (Å²) in [5.74, 6) is 0.995. The molecule has 0 aromatic carbocycles. The van der Waals surface area contributed by atoms with Gasteiger partial charge in [0, 0.05) is 6.54 Å². The summed E-state index contributed by atoms with van der Waals surface area (Å²) < 4.78 is 0. The summed E-state index contributed by atoms with van der Waals surface area (Å²) in [4.78, 5) is 0. The second kappa shape index (κ2) is 4.99. The van der Waals surface area contributed by atoms with E-state index in [-0.39, 0.29) is 0 Å². The lowest BCUT2D eigenvalue weighted by Gasteiger charge is -2.37. The number of rotatable bonds is 5. The van der Waals surface area contributed by atoms with Crippen molar-refractivity contribution in [3.63, 3.8) is 0 Å². The van der Waals surface area contributed by atoms with Crippen LogP contribution < -0.4 is 5.32 Å². The molecule has 1 nitrogen and oxygen atoms in total. The van der Waals surface area contributed by atoms with Crippen molar-refractivity contribution in [2.75, 3.05) is 13.6 Å². The molecular formula is C12H25N. The predicted octanol–water partition coefficient (Wildman–Crippen LogP) is 3.20. The van der Waals surface area contributed by atoms with Crippen molar-refractivity contribution in [2.45, 2.75) is 52.4 Å². The topological polar surface area (TPSA) is 12.0 Å². The predicted molar refractivity (Wildman–Crippen MR) is 58.9 cm³/mol. The van der Waals surface area contributed by atoms with E-state index in [0.29, 0.717) is 5.41 Å². The highest BCUT2D eigenvalue weighted by Crippen LogP contribution is 2.44. The third kappa shape index (κ3) is 2.25. The molecule has 78 valence electrons. The Morgan fingerprint density at radius 3 is 2.08 bits per heavy atom. The summed E-state index contributed by atoms with van der Waals surface area (Å²) >= 11 is 0. The lowest BCUT2D eigenvalue weighted by molar-refractivity contribution is 0.144. The van der Waals surface area contributed by atoms with Crippen LogP contribution in [0.4, 0.5) is 0 Å². The van der Waals surface area contributed by atoms with E-state index in [9.17, 15) is 0 Å². The second-order valence-corrected chi connectivity index (χ2v) is 4.58. The Hall–Kier alpha value is -0.0400. The molecule has 0 amide bonds. The molecule has 0 spiro atoms. The fourth-order valence-electron chi connectivity index (χ4n) is 3.11. The van der Waals surface area contributed by atoms with Gasteiger partial charge in [0.2, 0.25) is 0 Å². The van der Waals surface area contributed by atoms with Gasteiger partial charge >= 0.3 is 0 Å². The summed E-state index contributed by atoms with van der Waals surface area (Å²) in [6.07, 6.45) is 8.57. The molecule has 13 heavy (non-hydrogen) atoms. The normalized spacial score (nSPS) is 19.6. The average molecular weight is 183 g/mol. The van der Waals surface area contributed by atoms with Crippen LogP contribution in [0.25, 0.3) is 0 Å². The molecule has 0 atom stereocenters. The van der Waals surface area contributed by atoms with Crippen molar-refractivity contribution >= 4 is 0 Å². The molecule has 0 radical (unpaired) electrons. The molecule has 1 aliphatic rings. The lowest BCUT2D eigenvalue weighted by Crippen LogP contribution is -2.37. The Balaban J connectivity index is 2.62. The van der Waals surface area contributed by atoms with E-state index in [2.05, 4.69) is 26.2 Å². The van der Waals surface area contributed by atoms with Gasteiger partial charge in [-0.05, 0) is 44.1 Å². The minimum atomic E-state index is 0.602. The van der Waals surface area contributed by atoms with Crippen molar-refractivity contribution < 1.29 is 0 Å². The van der Waals surface area contributed by atoms with Gasteiger partial charge in [-0.25, -0.2) is 0 Å². The zero-order chi connectivity index (χ0) is 9.73. The summed E-state index contributed by atoms with van der Waals surface area (Å²) in [6, 6.07) is 0. The Labute approximate surface area is 83.3 Å². The number of hydrogen-bond donors (Lipinski definition) is 1. The van der Waals surface area contributed by atoms with Gasteiger partial charge in [-0.3, -0.25) is 0 Å². The molecule has 0 aliphatic heterocycles. The van der Waals surface area contributed by atoms with Crippen LogP contribution in [0.5, 0.6) is 0 Å². The van der Waals surface area contributed by atoms with Gasteiger partial charge < -0.3 is 5.32 Å². The Kier molecular flexibility index (Phi) is 4.24. The first-order valence-corrected chi connectivity index (χ1v) is 5.93. The van der Waals surface area contributed by atoms with Crippen LogP contribution in [-0.4, -0.2) is 13.6 Å².